The number of aromatic amines is 1. The van der Waals surface area contributed by atoms with Gasteiger partial charge in [0, 0.05) is 18.2 Å². The minimum atomic E-state index is -2.49. The minimum Gasteiger partial charge on any atom is -0.394 e. The summed E-state index contributed by atoms with van der Waals surface area (Å²) in [6.45, 7) is 6.93. The average Bonchev–Trinajstić information content (AvgIpc) is 3.12. The number of aryl methyl sites for hydroxylation is 1. The first-order valence-electron chi connectivity index (χ1n) is 11.5. The van der Waals surface area contributed by atoms with Crippen molar-refractivity contribution in [2.45, 2.75) is 51.2 Å². The number of nitrogens with zero attached hydrogens (tertiary/aromatic N) is 1. The van der Waals surface area contributed by atoms with Gasteiger partial charge in [-0.3, -0.25) is 14.3 Å². The molecule has 1 aliphatic heterocycles. The van der Waals surface area contributed by atoms with Crippen molar-refractivity contribution in [3.63, 3.8) is 0 Å². The second kappa shape index (κ2) is 8.78. The summed E-state index contributed by atoms with van der Waals surface area (Å²) < 4.78 is 8.13. The number of hydrogen-bond donors (Lipinski definition) is 3. The fourth-order valence-electron chi connectivity index (χ4n) is 5.13. The van der Waals surface area contributed by atoms with Gasteiger partial charge in [-0.2, -0.15) is 0 Å². The maximum Gasteiger partial charge on any atom is 0.330 e. The molecule has 1 aromatic heterocycles. The maximum atomic E-state index is 13.3. The zero-order chi connectivity index (χ0) is 24.7. The summed E-state index contributed by atoms with van der Waals surface area (Å²) in [6, 6.07) is 19.7. The van der Waals surface area contributed by atoms with Crippen LogP contribution in [0, 0.1) is 12.3 Å². The van der Waals surface area contributed by atoms with E-state index in [1.165, 1.54) is 10.8 Å². The molecule has 7 nitrogen and oxygen atoms in total. The highest BCUT2D eigenvalue weighted by molar-refractivity contribution is 6.86. The number of aliphatic hydroxyl groups excluding tert-OH is 1. The number of H-pyrrole nitrogens is 1. The van der Waals surface area contributed by atoms with Crippen molar-refractivity contribution >= 4 is 19.2 Å². The summed E-state index contributed by atoms with van der Waals surface area (Å²) in [4.78, 5) is 28.0. The summed E-state index contributed by atoms with van der Waals surface area (Å²) in [7, 11) is -2.49. The van der Waals surface area contributed by atoms with E-state index in [4.69, 9.17) is 4.74 Å². The van der Waals surface area contributed by atoms with Crippen LogP contribution < -0.4 is 21.6 Å². The predicted molar refractivity (Wildman–Crippen MR) is 134 cm³/mol. The summed E-state index contributed by atoms with van der Waals surface area (Å²) in [6.07, 6.45) is 0.686. The Morgan fingerprint density at radius 2 is 1.59 bits per heavy atom. The number of aliphatic hydroxyl groups is 2. The van der Waals surface area contributed by atoms with Crippen LogP contribution in [0.2, 0.25) is 0 Å². The van der Waals surface area contributed by atoms with Crippen molar-refractivity contribution in [2.24, 2.45) is 5.41 Å². The topological polar surface area (TPSA) is 105 Å². The Hall–Kier alpha value is -2.78. The van der Waals surface area contributed by atoms with Crippen molar-refractivity contribution in [3.05, 3.63) is 93.3 Å². The molecule has 3 atom stereocenters. The van der Waals surface area contributed by atoms with Crippen LogP contribution in [0.1, 0.15) is 32.8 Å². The summed E-state index contributed by atoms with van der Waals surface area (Å²) >= 11 is 0. The first kappa shape index (κ1) is 24.3. The molecular formula is C26H32N2O5Si. The largest absolute Gasteiger partial charge is 0.394 e. The van der Waals surface area contributed by atoms with Gasteiger partial charge in [-0.25, -0.2) is 4.79 Å². The summed E-state index contributed by atoms with van der Waals surface area (Å²) in [5.41, 5.74) is -2.79. The molecule has 3 N–H and O–H groups in total. The Bertz CT molecular complexity index is 1230. The highest BCUT2D eigenvalue weighted by Crippen LogP contribution is 2.50. The monoisotopic (exact) mass is 480 g/mol. The van der Waals surface area contributed by atoms with Crippen molar-refractivity contribution in [1.29, 1.82) is 0 Å². The lowest BCUT2D eigenvalue weighted by molar-refractivity contribution is -0.134. The highest BCUT2D eigenvalue weighted by atomic mass is 28.3. The number of rotatable bonds is 5. The van der Waals surface area contributed by atoms with E-state index in [0.717, 1.165) is 10.4 Å². The molecule has 180 valence electrons. The first-order valence-corrected chi connectivity index (χ1v) is 13.2. The Morgan fingerprint density at radius 3 is 2.03 bits per heavy atom. The lowest BCUT2D eigenvalue weighted by atomic mass is 9.72. The molecule has 0 bridgehead atoms. The molecule has 0 spiro atoms. The third-order valence-corrected chi connectivity index (χ3v) is 10.7. The molecule has 0 saturated carbocycles. The van der Waals surface area contributed by atoms with Gasteiger partial charge < -0.3 is 14.9 Å². The van der Waals surface area contributed by atoms with Gasteiger partial charge in [0.1, 0.15) is 17.1 Å². The van der Waals surface area contributed by atoms with Crippen molar-refractivity contribution in [3.8, 4) is 0 Å². The van der Waals surface area contributed by atoms with E-state index >= 15 is 0 Å². The molecular weight excluding hydrogens is 448 g/mol. The molecule has 0 aliphatic carbocycles. The second-order valence-corrected chi connectivity index (χ2v) is 13.3. The van der Waals surface area contributed by atoms with Crippen LogP contribution >= 0.6 is 0 Å². The highest BCUT2D eigenvalue weighted by Gasteiger charge is 2.64. The molecule has 1 fully saturated rings. The van der Waals surface area contributed by atoms with Gasteiger partial charge in [0.2, 0.25) is 0 Å². The predicted octanol–water partition coefficient (Wildman–Crippen LogP) is 0.637. The van der Waals surface area contributed by atoms with Crippen molar-refractivity contribution in [1.82, 2.24) is 9.55 Å². The van der Waals surface area contributed by atoms with Gasteiger partial charge in [0.25, 0.3) is 5.56 Å². The smallest absolute Gasteiger partial charge is 0.330 e. The van der Waals surface area contributed by atoms with Crippen molar-refractivity contribution in [2.75, 3.05) is 6.61 Å². The molecule has 1 aliphatic rings. The first-order chi connectivity index (χ1) is 16.0. The van der Waals surface area contributed by atoms with Crippen LogP contribution in [0.15, 0.2) is 76.4 Å². The standard InChI is InChI=1S/C26H32N2O5Si/c1-18-15-28(23(31)27-22(18)30)26(17-25(32,24(2,3)4)21(16-29)33-26)34(19-11-7-5-8-12-19)20-13-9-6-10-14-20/h5-15,21,29,32,34H,16-17H2,1-4H3,(H,27,30,31)/t21-,25+,26+/m1/s1. The van der Waals surface area contributed by atoms with Crippen LogP contribution in [0.25, 0.3) is 0 Å². The van der Waals surface area contributed by atoms with E-state index in [-0.39, 0.29) is 6.42 Å². The molecule has 2 heterocycles. The zero-order valence-electron chi connectivity index (χ0n) is 20.0. The van der Waals surface area contributed by atoms with E-state index in [2.05, 4.69) is 4.98 Å². The van der Waals surface area contributed by atoms with Gasteiger partial charge in [0.15, 0.2) is 8.80 Å². The molecule has 34 heavy (non-hydrogen) atoms. The average molecular weight is 481 g/mol. The van der Waals surface area contributed by atoms with Crippen LogP contribution in [0.4, 0.5) is 0 Å². The van der Waals surface area contributed by atoms with Gasteiger partial charge in [0.05, 0.1) is 6.61 Å². The maximum absolute atomic E-state index is 13.3. The van der Waals surface area contributed by atoms with Crippen LogP contribution in [0.5, 0.6) is 0 Å². The summed E-state index contributed by atoms with van der Waals surface area (Å²) in [5, 5.41) is 23.1. The number of hydrogen-bond acceptors (Lipinski definition) is 5. The quantitative estimate of drug-likeness (QED) is 0.465. The molecule has 2 aromatic carbocycles. The van der Waals surface area contributed by atoms with Crippen molar-refractivity contribution < 1.29 is 14.9 Å². The Balaban J connectivity index is 2.09. The van der Waals surface area contributed by atoms with Crippen LogP contribution in [-0.2, 0) is 10.1 Å². The second-order valence-electron chi connectivity index (χ2n) is 10.2. The third-order valence-electron chi connectivity index (χ3n) is 7.11. The van der Waals surface area contributed by atoms with Gasteiger partial charge in [-0.1, -0.05) is 91.8 Å². The third kappa shape index (κ3) is 3.90. The van der Waals surface area contributed by atoms with E-state index in [0.29, 0.717) is 5.56 Å². The number of ether oxygens (including phenoxy) is 1. The molecule has 1 saturated heterocycles. The molecule has 3 aromatic rings. The van der Waals surface area contributed by atoms with Crippen LogP contribution in [0.3, 0.4) is 0 Å². The molecule has 0 amide bonds. The minimum absolute atomic E-state index is 0.0841. The van der Waals surface area contributed by atoms with E-state index < -0.39 is 49.1 Å². The zero-order valence-corrected chi connectivity index (χ0v) is 21.1. The van der Waals surface area contributed by atoms with E-state index in [9.17, 15) is 19.8 Å². The number of aromatic nitrogens is 2. The molecule has 8 heteroatoms. The van der Waals surface area contributed by atoms with E-state index in [1.807, 2.05) is 81.4 Å². The fraction of sp³-hybridized carbons (Fsp3) is 0.385. The Morgan fingerprint density at radius 1 is 1.06 bits per heavy atom. The molecule has 0 radical (unpaired) electrons. The number of nitrogens with one attached hydrogen (secondary N) is 1. The Labute approximate surface area is 200 Å². The van der Waals surface area contributed by atoms with E-state index in [1.54, 1.807) is 6.92 Å². The number of benzene rings is 2. The summed E-state index contributed by atoms with van der Waals surface area (Å²) in [5.74, 6) is 0. The Kier molecular flexibility index (Phi) is 6.28. The van der Waals surface area contributed by atoms with Gasteiger partial charge >= 0.3 is 5.69 Å². The lowest BCUT2D eigenvalue weighted by Crippen LogP contribution is -2.64. The lowest BCUT2D eigenvalue weighted by Gasteiger charge is -2.41. The van der Waals surface area contributed by atoms with Gasteiger partial charge in [-0.05, 0) is 12.3 Å². The molecule has 4 rings (SSSR count). The normalized spacial score (nSPS) is 25.1. The fourth-order valence-corrected chi connectivity index (χ4v) is 9.05. The SMILES string of the molecule is Cc1cn([C@@]2([SiH](c3ccccc3)c3ccccc3)C[C@@](O)(C(C)(C)C)[C@@H](CO)O2)c(=O)[nH]c1=O. The molecule has 0 unspecified atom stereocenters. The van der Waals surface area contributed by atoms with Crippen LogP contribution in [-0.4, -0.2) is 46.9 Å². The van der Waals surface area contributed by atoms with Gasteiger partial charge in [-0.15, -0.1) is 0 Å².